The summed E-state index contributed by atoms with van der Waals surface area (Å²) in [4.78, 5) is 0. The lowest BCUT2D eigenvalue weighted by Crippen LogP contribution is -2.20. The fraction of sp³-hybridized carbons (Fsp3) is 0.231. The first-order valence-corrected chi connectivity index (χ1v) is 4.75. The summed E-state index contributed by atoms with van der Waals surface area (Å²) in [7, 11) is 0. The van der Waals surface area contributed by atoms with Gasteiger partial charge in [-0.2, -0.15) is 0 Å². The van der Waals surface area contributed by atoms with E-state index in [4.69, 9.17) is 4.42 Å². The summed E-state index contributed by atoms with van der Waals surface area (Å²) in [6.45, 7) is 9.62. The minimum absolute atomic E-state index is 0.939. The molecule has 1 rings (SSSR count). The topological polar surface area (TPSA) is 13.1 Å². The molecule has 0 atom stereocenters. The first-order valence-electron chi connectivity index (χ1n) is 4.75. The molecule has 1 heterocycles. The highest BCUT2D eigenvalue weighted by atomic mass is 16.3. The van der Waals surface area contributed by atoms with Crippen LogP contribution < -0.4 is 10.6 Å². The van der Waals surface area contributed by atoms with E-state index in [0.29, 0.717) is 0 Å². The van der Waals surface area contributed by atoms with E-state index in [2.05, 4.69) is 12.7 Å². The molecule has 0 fully saturated rings. The normalized spacial score (nSPS) is 14.2. The van der Waals surface area contributed by atoms with Gasteiger partial charge in [0.25, 0.3) is 0 Å². The molecule has 0 bridgehead atoms. The van der Waals surface area contributed by atoms with E-state index in [0.717, 1.165) is 22.0 Å². The molecule has 1 heteroatoms. The van der Waals surface area contributed by atoms with Gasteiger partial charge in [0.05, 0.1) is 0 Å². The zero-order chi connectivity index (χ0) is 10.6. The highest BCUT2D eigenvalue weighted by molar-refractivity contribution is 5.55. The molecule has 0 saturated heterocycles. The molecule has 0 aromatic carbocycles. The van der Waals surface area contributed by atoms with Crippen LogP contribution in [0.1, 0.15) is 25.2 Å². The van der Waals surface area contributed by atoms with Gasteiger partial charge in [0.15, 0.2) is 0 Å². The van der Waals surface area contributed by atoms with E-state index >= 15 is 0 Å². The van der Waals surface area contributed by atoms with Crippen molar-refractivity contribution in [2.45, 2.75) is 20.8 Å². The predicted molar refractivity (Wildman–Crippen MR) is 62.2 cm³/mol. The van der Waals surface area contributed by atoms with Crippen LogP contribution in [0.5, 0.6) is 0 Å². The lowest BCUT2D eigenvalue weighted by molar-refractivity contribution is 0.500. The number of aryl methyl sites for hydroxylation is 1. The summed E-state index contributed by atoms with van der Waals surface area (Å²) >= 11 is 0. The highest BCUT2D eigenvalue weighted by Crippen LogP contribution is 2.02. The Morgan fingerprint density at radius 2 is 1.93 bits per heavy atom. The van der Waals surface area contributed by atoms with Crippen molar-refractivity contribution in [1.82, 2.24) is 0 Å². The van der Waals surface area contributed by atoms with Crippen LogP contribution in [0.4, 0.5) is 0 Å². The highest BCUT2D eigenvalue weighted by Gasteiger charge is 2.02. The van der Waals surface area contributed by atoms with E-state index in [9.17, 15) is 0 Å². The molecule has 1 aromatic heterocycles. The predicted octanol–water partition coefficient (Wildman–Crippen LogP) is 2.39. The van der Waals surface area contributed by atoms with Crippen LogP contribution in [-0.4, -0.2) is 0 Å². The van der Waals surface area contributed by atoms with Gasteiger partial charge in [-0.15, -0.1) is 0 Å². The molecular formula is C13H16O. The van der Waals surface area contributed by atoms with Crippen LogP contribution in [0.15, 0.2) is 23.1 Å². The quantitative estimate of drug-likeness (QED) is 0.649. The van der Waals surface area contributed by atoms with Crippen molar-refractivity contribution in [1.29, 1.82) is 0 Å². The summed E-state index contributed by atoms with van der Waals surface area (Å²) in [5, 5.41) is 1.16. The number of rotatable bonds is 2. The summed E-state index contributed by atoms with van der Waals surface area (Å²) < 4.78 is 5.61. The maximum Gasteiger partial charge on any atom is 0.130 e. The molecule has 0 N–H and O–H groups in total. The zero-order valence-corrected chi connectivity index (χ0v) is 9.00. The minimum atomic E-state index is 0.939. The fourth-order valence-corrected chi connectivity index (χ4v) is 1.48. The molecule has 0 aliphatic heterocycles. The molecule has 1 aromatic rings. The van der Waals surface area contributed by atoms with Crippen molar-refractivity contribution in [2.75, 3.05) is 0 Å². The van der Waals surface area contributed by atoms with Crippen LogP contribution in [0.25, 0.3) is 18.2 Å². The van der Waals surface area contributed by atoms with E-state index in [1.54, 1.807) is 6.08 Å². The second-order valence-corrected chi connectivity index (χ2v) is 3.02. The summed E-state index contributed by atoms with van der Waals surface area (Å²) in [5.41, 5.74) is 2.08. The van der Waals surface area contributed by atoms with Crippen molar-refractivity contribution < 1.29 is 4.42 Å². The van der Waals surface area contributed by atoms with E-state index < -0.39 is 0 Å². The van der Waals surface area contributed by atoms with Gasteiger partial charge in [-0.05, 0) is 26.8 Å². The lowest BCUT2D eigenvalue weighted by atomic mass is 10.2. The molecule has 0 amide bonds. The number of hydrogen-bond donors (Lipinski definition) is 0. The summed E-state index contributed by atoms with van der Waals surface area (Å²) in [6, 6.07) is 0. The molecule has 0 spiro atoms. The molecule has 0 aliphatic carbocycles. The van der Waals surface area contributed by atoms with Crippen molar-refractivity contribution in [3.05, 3.63) is 40.7 Å². The lowest BCUT2D eigenvalue weighted by Gasteiger charge is -1.86. The van der Waals surface area contributed by atoms with Crippen LogP contribution in [0, 0.1) is 6.92 Å². The van der Waals surface area contributed by atoms with Crippen molar-refractivity contribution >= 4 is 18.2 Å². The van der Waals surface area contributed by atoms with E-state index in [1.807, 2.05) is 39.0 Å². The van der Waals surface area contributed by atoms with Gasteiger partial charge in [0.1, 0.15) is 11.2 Å². The van der Waals surface area contributed by atoms with Gasteiger partial charge in [0, 0.05) is 10.8 Å². The smallest absolute Gasteiger partial charge is 0.130 e. The zero-order valence-electron chi connectivity index (χ0n) is 9.00. The minimum Gasteiger partial charge on any atom is -0.461 e. The van der Waals surface area contributed by atoms with Crippen LogP contribution >= 0.6 is 0 Å². The third kappa shape index (κ3) is 1.87. The second kappa shape index (κ2) is 4.66. The average Bonchev–Trinajstić information content (AvgIpc) is 2.51. The van der Waals surface area contributed by atoms with Gasteiger partial charge >= 0.3 is 0 Å². The van der Waals surface area contributed by atoms with E-state index in [1.165, 1.54) is 0 Å². The average molecular weight is 188 g/mol. The third-order valence-electron chi connectivity index (χ3n) is 2.15. The molecule has 0 unspecified atom stereocenters. The SMILES string of the molecule is C=C/C=C\c1c(C)oc(=C/C)/c1=C\C. The van der Waals surface area contributed by atoms with Gasteiger partial charge in [0.2, 0.25) is 0 Å². The Hall–Kier alpha value is -1.50. The maximum atomic E-state index is 5.61. The molecule has 1 nitrogen and oxygen atoms in total. The standard InChI is InChI=1S/C13H16O/c1-5-8-9-12-10(4)14-13(7-3)11(12)6-2/h5-9H,1H2,2-4H3/b9-8-,11-6-,13-7+. The molecular weight excluding hydrogens is 172 g/mol. The molecule has 0 saturated carbocycles. The fourth-order valence-electron chi connectivity index (χ4n) is 1.48. The first kappa shape index (κ1) is 10.6. The molecule has 0 aliphatic rings. The van der Waals surface area contributed by atoms with Crippen LogP contribution in [0.3, 0.4) is 0 Å². The summed E-state index contributed by atoms with van der Waals surface area (Å²) in [5.74, 6) is 0.948. The molecule has 14 heavy (non-hydrogen) atoms. The van der Waals surface area contributed by atoms with Gasteiger partial charge < -0.3 is 4.42 Å². The van der Waals surface area contributed by atoms with Gasteiger partial charge in [-0.25, -0.2) is 0 Å². The monoisotopic (exact) mass is 188 g/mol. The Kier molecular flexibility index (Phi) is 3.52. The number of furan rings is 1. The van der Waals surface area contributed by atoms with Crippen molar-refractivity contribution in [3.63, 3.8) is 0 Å². The van der Waals surface area contributed by atoms with Crippen LogP contribution in [0.2, 0.25) is 0 Å². The maximum absolute atomic E-state index is 5.61. The Morgan fingerprint density at radius 3 is 2.43 bits per heavy atom. The molecule has 74 valence electrons. The number of allylic oxidation sites excluding steroid dienone is 2. The van der Waals surface area contributed by atoms with E-state index in [-0.39, 0.29) is 0 Å². The summed E-state index contributed by atoms with van der Waals surface area (Å²) in [6.07, 6.45) is 9.75. The Bertz CT molecular complexity index is 458. The Morgan fingerprint density at radius 1 is 1.21 bits per heavy atom. The largest absolute Gasteiger partial charge is 0.461 e. The third-order valence-corrected chi connectivity index (χ3v) is 2.15. The second-order valence-electron chi connectivity index (χ2n) is 3.02. The first-order chi connectivity index (χ1) is 6.74. The van der Waals surface area contributed by atoms with Crippen molar-refractivity contribution in [2.24, 2.45) is 0 Å². The van der Waals surface area contributed by atoms with Crippen molar-refractivity contribution in [3.8, 4) is 0 Å². The number of hydrogen-bond acceptors (Lipinski definition) is 1. The Labute approximate surface area is 84.8 Å². The van der Waals surface area contributed by atoms with Gasteiger partial charge in [-0.1, -0.05) is 30.9 Å². The van der Waals surface area contributed by atoms with Crippen LogP contribution in [-0.2, 0) is 0 Å². The Balaban J connectivity index is 3.51. The molecule has 0 radical (unpaired) electrons. The van der Waals surface area contributed by atoms with Gasteiger partial charge in [-0.3, -0.25) is 0 Å².